The molecule has 3 aromatic carbocycles. The number of hydrogen-bond acceptors (Lipinski definition) is 4. The van der Waals surface area contributed by atoms with Crippen molar-refractivity contribution in [3.8, 4) is 17.6 Å². The Morgan fingerprint density at radius 1 is 0.909 bits per heavy atom. The van der Waals surface area contributed by atoms with Crippen LogP contribution < -0.4 is 4.74 Å². The number of fused-ring (bicyclic) bond motifs is 1. The molecule has 0 aromatic heterocycles. The van der Waals surface area contributed by atoms with Crippen LogP contribution in [-0.2, 0) is 0 Å². The molecule has 33 heavy (non-hydrogen) atoms. The van der Waals surface area contributed by atoms with E-state index in [0.29, 0.717) is 16.7 Å². The molecule has 5 heteroatoms. The maximum absolute atomic E-state index is 12.5. The van der Waals surface area contributed by atoms with Gasteiger partial charge in [-0.15, -0.1) is 0 Å². The van der Waals surface area contributed by atoms with Gasteiger partial charge in [0.25, 0.3) is 11.8 Å². The van der Waals surface area contributed by atoms with Crippen LogP contribution in [0.25, 0.3) is 0 Å². The van der Waals surface area contributed by atoms with Gasteiger partial charge in [-0.2, -0.15) is 0 Å². The van der Waals surface area contributed by atoms with Crippen molar-refractivity contribution < 1.29 is 19.4 Å². The summed E-state index contributed by atoms with van der Waals surface area (Å²) in [5, 5.41) is 10.7. The maximum atomic E-state index is 12.5. The van der Waals surface area contributed by atoms with Gasteiger partial charge in [-0.25, -0.2) is 0 Å². The molecule has 166 valence electrons. The Labute approximate surface area is 193 Å². The van der Waals surface area contributed by atoms with Crippen LogP contribution in [0.3, 0.4) is 0 Å². The van der Waals surface area contributed by atoms with E-state index in [2.05, 4.69) is 11.8 Å². The Hall–Kier alpha value is -3.88. The second kappa shape index (κ2) is 9.72. The minimum absolute atomic E-state index is 0.146. The Bertz CT molecular complexity index is 1210. The standard InChI is InChI=1S/C28H25NO4/c1-19-8-5-9-20(2)26(19)33-17-7-11-21-10-6-12-22(18-21)25(30)15-16-29-27(31)23-13-3-4-14-24(23)28(29)32/h3-6,8-10,12-14,18,25,30H,15-17H2,1-2H3. The van der Waals surface area contributed by atoms with Gasteiger partial charge in [0.15, 0.2) is 0 Å². The Morgan fingerprint density at radius 2 is 1.55 bits per heavy atom. The van der Waals surface area contributed by atoms with Crippen molar-refractivity contribution in [2.45, 2.75) is 26.4 Å². The van der Waals surface area contributed by atoms with Crippen molar-refractivity contribution >= 4 is 11.8 Å². The molecule has 0 bridgehead atoms. The molecule has 1 heterocycles. The van der Waals surface area contributed by atoms with E-state index in [-0.39, 0.29) is 31.4 Å². The van der Waals surface area contributed by atoms with Crippen LogP contribution in [0.5, 0.6) is 5.75 Å². The quantitative estimate of drug-likeness (QED) is 0.455. The van der Waals surface area contributed by atoms with Crippen molar-refractivity contribution in [1.29, 1.82) is 0 Å². The van der Waals surface area contributed by atoms with Gasteiger partial charge in [-0.3, -0.25) is 14.5 Å². The van der Waals surface area contributed by atoms with Crippen molar-refractivity contribution in [2.75, 3.05) is 13.2 Å². The maximum Gasteiger partial charge on any atom is 0.261 e. The number of rotatable bonds is 6. The second-order valence-corrected chi connectivity index (χ2v) is 8.05. The number of aryl methyl sites for hydroxylation is 2. The number of amides is 2. The number of imide groups is 1. The summed E-state index contributed by atoms with van der Waals surface area (Å²) in [5.41, 5.74) is 4.42. The smallest absolute Gasteiger partial charge is 0.261 e. The number of ether oxygens (including phenoxy) is 1. The fourth-order valence-corrected chi connectivity index (χ4v) is 3.96. The third kappa shape index (κ3) is 4.82. The topological polar surface area (TPSA) is 66.8 Å². The molecule has 1 aliphatic heterocycles. The first-order valence-corrected chi connectivity index (χ1v) is 10.9. The van der Waals surface area contributed by atoms with Crippen LogP contribution >= 0.6 is 0 Å². The van der Waals surface area contributed by atoms with Gasteiger partial charge in [0.2, 0.25) is 0 Å². The molecule has 1 N–H and O–H groups in total. The largest absolute Gasteiger partial charge is 0.480 e. The normalized spacial score (nSPS) is 13.4. The Balaban J connectivity index is 1.36. The van der Waals surface area contributed by atoms with Gasteiger partial charge in [0, 0.05) is 12.1 Å². The van der Waals surface area contributed by atoms with E-state index in [0.717, 1.165) is 22.4 Å². The van der Waals surface area contributed by atoms with Crippen LogP contribution in [0.15, 0.2) is 66.7 Å². The average Bonchev–Trinajstić information content (AvgIpc) is 3.06. The first-order chi connectivity index (χ1) is 16.0. The summed E-state index contributed by atoms with van der Waals surface area (Å²) in [6.07, 6.45) is -0.570. The Morgan fingerprint density at radius 3 is 2.21 bits per heavy atom. The average molecular weight is 440 g/mol. The first kappa shape index (κ1) is 22.3. The van der Waals surface area contributed by atoms with Crippen LogP contribution in [-0.4, -0.2) is 35.0 Å². The second-order valence-electron chi connectivity index (χ2n) is 8.05. The molecular formula is C28H25NO4. The van der Waals surface area contributed by atoms with E-state index in [1.807, 2.05) is 56.3 Å². The lowest BCUT2D eigenvalue weighted by molar-refractivity contribution is 0.0622. The monoisotopic (exact) mass is 439 g/mol. The van der Waals surface area contributed by atoms with Crippen LogP contribution in [0.1, 0.15) is 55.5 Å². The molecule has 3 aromatic rings. The van der Waals surface area contributed by atoms with E-state index < -0.39 is 6.10 Å². The van der Waals surface area contributed by atoms with Gasteiger partial charge in [0.1, 0.15) is 12.4 Å². The van der Waals surface area contributed by atoms with Crippen molar-refractivity contribution in [2.24, 2.45) is 0 Å². The zero-order valence-electron chi connectivity index (χ0n) is 18.7. The first-order valence-electron chi connectivity index (χ1n) is 10.9. The predicted molar refractivity (Wildman–Crippen MR) is 126 cm³/mol. The molecule has 1 aliphatic rings. The lowest BCUT2D eigenvalue weighted by Crippen LogP contribution is -2.31. The molecular weight excluding hydrogens is 414 g/mol. The third-order valence-electron chi connectivity index (χ3n) is 5.71. The predicted octanol–water partition coefficient (Wildman–Crippen LogP) is 4.45. The third-order valence-corrected chi connectivity index (χ3v) is 5.71. The summed E-state index contributed by atoms with van der Waals surface area (Å²) < 4.78 is 5.82. The number of aliphatic hydroxyl groups excluding tert-OH is 1. The highest BCUT2D eigenvalue weighted by Gasteiger charge is 2.35. The molecule has 0 saturated heterocycles. The van der Waals surface area contributed by atoms with Crippen molar-refractivity contribution in [3.05, 3.63) is 100 Å². The highest BCUT2D eigenvalue weighted by molar-refractivity contribution is 6.21. The van der Waals surface area contributed by atoms with Gasteiger partial charge in [-0.05, 0) is 61.2 Å². The summed E-state index contributed by atoms with van der Waals surface area (Å²) in [5.74, 6) is 6.31. The van der Waals surface area contributed by atoms with E-state index in [1.165, 1.54) is 4.90 Å². The Kier molecular flexibility index (Phi) is 6.58. The molecule has 0 saturated carbocycles. The number of hydrogen-bond donors (Lipinski definition) is 1. The van der Waals surface area contributed by atoms with E-state index in [4.69, 9.17) is 4.74 Å². The fourth-order valence-electron chi connectivity index (χ4n) is 3.96. The van der Waals surface area contributed by atoms with Gasteiger partial charge in [0.05, 0.1) is 17.2 Å². The molecule has 0 fully saturated rings. The molecule has 1 atom stereocenters. The minimum Gasteiger partial charge on any atom is -0.480 e. The number of aliphatic hydroxyl groups is 1. The molecule has 2 amide bonds. The SMILES string of the molecule is Cc1cccc(C)c1OCC#Cc1cccc(C(O)CCN2C(=O)c3ccccc3C2=O)c1. The molecule has 0 radical (unpaired) electrons. The van der Waals surface area contributed by atoms with Crippen LogP contribution in [0.4, 0.5) is 0 Å². The highest BCUT2D eigenvalue weighted by atomic mass is 16.5. The lowest BCUT2D eigenvalue weighted by atomic mass is 10.0. The zero-order valence-corrected chi connectivity index (χ0v) is 18.7. The summed E-state index contributed by atoms with van der Waals surface area (Å²) in [7, 11) is 0. The van der Waals surface area contributed by atoms with Crippen molar-refractivity contribution in [3.63, 3.8) is 0 Å². The van der Waals surface area contributed by atoms with Gasteiger partial charge >= 0.3 is 0 Å². The van der Waals surface area contributed by atoms with E-state index >= 15 is 0 Å². The van der Waals surface area contributed by atoms with E-state index in [1.54, 1.807) is 24.3 Å². The van der Waals surface area contributed by atoms with Gasteiger partial charge in [-0.1, -0.05) is 54.3 Å². The fraction of sp³-hybridized carbons (Fsp3) is 0.214. The molecule has 0 spiro atoms. The molecule has 1 unspecified atom stereocenters. The van der Waals surface area contributed by atoms with Crippen LogP contribution in [0.2, 0.25) is 0 Å². The zero-order chi connectivity index (χ0) is 23.4. The number of para-hydroxylation sites is 1. The summed E-state index contributed by atoms with van der Waals surface area (Å²) in [4.78, 5) is 26.2. The highest BCUT2D eigenvalue weighted by Crippen LogP contribution is 2.25. The number of benzene rings is 3. The summed E-state index contributed by atoms with van der Waals surface area (Å²) in [6.45, 7) is 4.41. The summed E-state index contributed by atoms with van der Waals surface area (Å²) >= 11 is 0. The summed E-state index contributed by atoms with van der Waals surface area (Å²) in [6, 6.07) is 20.1. The van der Waals surface area contributed by atoms with E-state index in [9.17, 15) is 14.7 Å². The number of carbonyl (C=O) groups is 2. The molecule has 5 nitrogen and oxygen atoms in total. The number of nitrogens with zero attached hydrogens (tertiary/aromatic N) is 1. The van der Waals surface area contributed by atoms with Gasteiger partial charge < -0.3 is 9.84 Å². The minimum atomic E-state index is -0.818. The molecule has 4 rings (SSSR count). The van der Waals surface area contributed by atoms with Crippen LogP contribution in [0, 0.1) is 25.7 Å². The lowest BCUT2D eigenvalue weighted by Gasteiger charge is -2.17. The number of carbonyl (C=O) groups excluding carboxylic acids is 2. The molecule has 0 aliphatic carbocycles. The van der Waals surface area contributed by atoms with Crippen molar-refractivity contribution in [1.82, 2.24) is 4.90 Å².